The Morgan fingerprint density at radius 3 is 2.68 bits per heavy atom. The molecule has 4 nitrogen and oxygen atoms in total. The lowest BCUT2D eigenvalue weighted by Crippen LogP contribution is -2.14. The number of aromatic nitrogens is 3. The Morgan fingerprint density at radius 2 is 2.11 bits per heavy atom. The second-order valence-electron chi connectivity index (χ2n) is 3.54. The zero-order chi connectivity index (χ0) is 14.0. The number of nitrogens with two attached hydrogens (primary N) is 1. The average molecular weight is 309 g/mol. The number of hydrogen-bond acceptors (Lipinski definition) is 4. The third kappa shape index (κ3) is 3.13. The maximum Gasteiger partial charge on any atom is 0.299 e. The highest BCUT2D eigenvalue weighted by Crippen LogP contribution is 2.27. The van der Waals surface area contributed by atoms with Crippen molar-refractivity contribution >= 4 is 23.4 Å². The summed E-state index contributed by atoms with van der Waals surface area (Å²) in [6.07, 6.45) is -2.79. The van der Waals surface area contributed by atoms with Gasteiger partial charge in [0, 0.05) is 10.8 Å². The van der Waals surface area contributed by atoms with Crippen molar-refractivity contribution in [1.82, 2.24) is 14.9 Å². The zero-order valence-electron chi connectivity index (χ0n) is 9.36. The van der Waals surface area contributed by atoms with Gasteiger partial charge in [-0.05, 0) is 17.7 Å². The van der Waals surface area contributed by atoms with E-state index in [0.717, 1.165) is 16.4 Å². The normalized spacial score (nSPS) is 11.2. The lowest BCUT2D eigenvalue weighted by Gasteiger charge is -2.04. The molecule has 0 atom stereocenters. The van der Waals surface area contributed by atoms with Crippen LogP contribution in [-0.2, 0) is 5.75 Å². The Balaban J connectivity index is 2.10. The Kier molecular flexibility index (Phi) is 4.20. The molecule has 2 rings (SSSR count). The molecule has 9 heteroatoms. The minimum absolute atomic E-state index is 0.135. The van der Waals surface area contributed by atoms with Crippen molar-refractivity contribution in [3.05, 3.63) is 40.4 Å². The summed E-state index contributed by atoms with van der Waals surface area (Å²) in [4.78, 5) is 0. The van der Waals surface area contributed by atoms with Crippen molar-refractivity contribution in [1.29, 1.82) is 0 Å². The van der Waals surface area contributed by atoms with Gasteiger partial charge in [-0.3, -0.25) is 0 Å². The first kappa shape index (κ1) is 14.0. The summed E-state index contributed by atoms with van der Waals surface area (Å²) >= 11 is 6.93. The number of hydrogen-bond donors (Lipinski definition) is 1. The topological polar surface area (TPSA) is 56.7 Å². The molecule has 19 heavy (non-hydrogen) atoms. The summed E-state index contributed by atoms with van der Waals surface area (Å²) in [7, 11) is 0. The Hall–Kier alpha value is -1.41. The van der Waals surface area contributed by atoms with Crippen LogP contribution >= 0.6 is 23.4 Å². The van der Waals surface area contributed by atoms with Gasteiger partial charge in [-0.1, -0.05) is 29.4 Å². The fourth-order valence-corrected chi connectivity index (χ4v) is 2.50. The molecule has 1 aromatic heterocycles. The smallest absolute Gasteiger partial charge is 0.299 e. The van der Waals surface area contributed by atoms with E-state index in [1.54, 1.807) is 0 Å². The molecule has 0 bridgehead atoms. The van der Waals surface area contributed by atoms with Gasteiger partial charge in [0.25, 0.3) is 6.43 Å². The van der Waals surface area contributed by atoms with Crippen molar-refractivity contribution in [2.45, 2.75) is 17.3 Å². The van der Waals surface area contributed by atoms with Gasteiger partial charge >= 0.3 is 0 Å². The molecule has 1 heterocycles. The summed E-state index contributed by atoms with van der Waals surface area (Å²) < 4.78 is 38.5. The number of rotatable bonds is 4. The van der Waals surface area contributed by atoms with Crippen molar-refractivity contribution in [3.63, 3.8) is 0 Å². The lowest BCUT2D eigenvalue weighted by molar-refractivity contribution is 0.136. The van der Waals surface area contributed by atoms with E-state index in [9.17, 15) is 13.2 Å². The lowest BCUT2D eigenvalue weighted by atomic mass is 10.2. The molecule has 2 N–H and O–H groups in total. The molecule has 0 aliphatic rings. The Morgan fingerprint density at radius 1 is 1.37 bits per heavy atom. The SMILES string of the molecule is Nn1c(SCc2ccc(F)cc2Cl)nnc1C(F)F. The molecule has 0 unspecified atom stereocenters. The standard InChI is InChI=1S/C10H8ClF3N4S/c11-7-3-6(12)2-1-5(7)4-19-10-17-16-9(8(13)14)18(10)15/h1-3,8H,4,15H2. The number of nitrogen functional groups attached to an aromatic ring is 1. The van der Waals surface area contributed by atoms with E-state index in [2.05, 4.69) is 10.2 Å². The number of nitrogens with zero attached hydrogens (tertiary/aromatic N) is 3. The maximum absolute atomic E-state index is 12.8. The molecule has 102 valence electrons. The minimum atomic E-state index is -2.79. The van der Waals surface area contributed by atoms with Crippen LogP contribution in [0.25, 0.3) is 0 Å². The number of halogens is 4. The molecular weight excluding hydrogens is 301 g/mol. The molecule has 0 aliphatic carbocycles. The van der Waals surface area contributed by atoms with Gasteiger partial charge in [-0.15, -0.1) is 10.2 Å². The third-order valence-electron chi connectivity index (χ3n) is 2.26. The summed E-state index contributed by atoms with van der Waals surface area (Å²) in [6.45, 7) is 0. The molecule has 0 fully saturated rings. The van der Waals surface area contributed by atoms with Gasteiger partial charge in [0.05, 0.1) is 0 Å². The van der Waals surface area contributed by atoms with E-state index >= 15 is 0 Å². The summed E-state index contributed by atoms with van der Waals surface area (Å²) in [5.74, 6) is 4.70. The first-order valence-corrected chi connectivity index (χ1v) is 6.40. The van der Waals surface area contributed by atoms with E-state index in [4.69, 9.17) is 17.4 Å². The van der Waals surface area contributed by atoms with Crippen LogP contribution < -0.4 is 5.84 Å². The van der Waals surface area contributed by atoms with Gasteiger partial charge in [-0.2, -0.15) is 0 Å². The van der Waals surface area contributed by atoms with Crippen LogP contribution in [0.3, 0.4) is 0 Å². The van der Waals surface area contributed by atoms with Gasteiger partial charge < -0.3 is 5.84 Å². The van der Waals surface area contributed by atoms with Gasteiger partial charge in [0.15, 0.2) is 0 Å². The van der Waals surface area contributed by atoms with Crippen LogP contribution in [0.1, 0.15) is 17.8 Å². The molecule has 0 aliphatic heterocycles. The van der Waals surface area contributed by atoms with E-state index in [1.165, 1.54) is 18.2 Å². The highest BCUT2D eigenvalue weighted by molar-refractivity contribution is 7.98. The quantitative estimate of drug-likeness (QED) is 0.697. The van der Waals surface area contributed by atoms with E-state index in [1.807, 2.05) is 0 Å². The van der Waals surface area contributed by atoms with Crippen LogP contribution in [0.4, 0.5) is 13.2 Å². The van der Waals surface area contributed by atoms with Crippen LogP contribution in [0.2, 0.25) is 5.02 Å². The number of alkyl halides is 2. The largest absolute Gasteiger partial charge is 0.335 e. The monoisotopic (exact) mass is 308 g/mol. The number of benzene rings is 1. The molecule has 0 radical (unpaired) electrons. The van der Waals surface area contributed by atoms with Crippen molar-refractivity contribution in [3.8, 4) is 0 Å². The van der Waals surface area contributed by atoms with Crippen LogP contribution in [-0.4, -0.2) is 14.9 Å². The zero-order valence-corrected chi connectivity index (χ0v) is 10.9. The van der Waals surface area contributed by atoms with Gasteiger partial charge in [0.2, 0.25) is 11.0 Å². The van der Waals surface area contributed by atoms with Crippen molar-refractivity contribution in [2.75, 3.05) is 5.84 Å². The number of thioether (sulfide) groups is 1. The summed E-state index contributed by atoms with van der Waals surface area (Å²) in [6, 6.07) is 3.95. The molecule has 1 aromatic carbocycles. The van der Waals surface area contributed by atoms with E-state index in [0.29, 0.717) is 11.3 Å². The average Bonchev–Trinajstić information content (AvgIpc) is 2.70. The summed E-state index contributed by atoms with van der Waals surface area (Å²) in [5, 5.41) is 7.23. The van der Waals surface area contributed by atoms with Crippen LogP contribution in [0.5, 0.6) is 0 Å². The first-order chi connectivity index (χ1) is 8.99. The van der Waals surface area contributed by atoms with Crippen LogP contribution in [0.15, 0.2) is 23.4 Å². The van der Waals surface area contributed by atoms with E-state index < -0.39 is 18.1 Å². The van der Waals surface area contributed by atoms with Crippen molar-refractivity contribution < 1.29 is 13.2 Å². The van der Waals surface area contributed by atoms with Gasteiger partial charge in [-0.25, -0.2) is 17.8 Å². The van der Waals surface area contributed by atoms with Crippen LogP contribution in [0, 0.1) is 5.82 Å². The molecular formula is C10H8ClF3N4S. The second-order valence-corrected chi connectivity index (χ2v) is 4.89. The minimum Gasteiger partial charge on any atom is -0.335 e. The molecule has 0 saturated heterocycles. The predicted molar refractivity (Wildman–Crippen MR) is 66.1 cm³/mol. The molecule has 0 amide bonds. The highest BCUT2D eigenvalue weighted by Gasteiger charge is 2.18. The van der Waals surface area contributed by atoms with Gasteiger partial charge in [0.1, 0.15) is 5.82 Å². The fraction of sp³-hybridized carbons (Fsp3) is 0.200. The highest BCUT2D eigenvalue weighted by atomic mass is 35.5. The molecule has 0 spiro atoms. The third-order valence-corrected chi connectivity index (χ3v) is 3.60. The Labute approximate surface area is 115 Å². The second kappa shape index (κ2) is 5.70. The summed E-state index contributed by atoms with van der Waals surface area (Å²) in [5.41, 5.74) is 0.648. The first-order valence-electron chi connectivity index (χ1n) is 5.04. The molecule has 2 aromatic rings. The fourth-order valence-electron chi connectivity index (χ4n) is 1.32. The van der Waals surface area contributed by atoms with Crippen molar-refractivity contribution in [2.24, 2.45) is 0 Å². The molecule has 0 saturated carbocycles. The predicted octanol–water partition coefficient (Wildman–Crippen LogP) is 3.01. The van der Waals surface area contributed by atoms with E-state index in [-0.39, 0.29) is 10.2 Å². The maximum atomic E-state index is 12.8. The Bertz CT molecular complexity index is 590.